The summed E-state index contributed by atoms with van der Waals surface area (Å²) in [5.74, 6) is -1.65. The van der Waals surface area contributed by atoms with Crippen LogP contribution in [0.5, 0.6) is 5.75 Å². The Kier molecular flexibility index (Phi) is 9.73. The Morgan fingerprint density at radius 2 is 1.64 bits per heavy atom. The number of benzene rings is 2. The predicted octanol–water partition coefficient (Wildman–Crippen LogP) is 4.66. The molecule has 0 aromatic heterocycles. The molecule has 0 aliphatic heterocycles. The molecular weight excluding hydrogens is 471 g/mol. The number of amides is 1. The van der Waals surface area contributed by atoms with Crippen LogP contribution in [0.15, 0.2) is 42.0 Å². The van der Waals surface area contributed by atoms with Gasteiger partial charge in [0.15, 0.2) is 12.4 Å². The molecule has 10 heteroatoms. The number of ether oxygens (including phenoxy) is 3. The van der Waals surface area contributed by atoms with Crippen molar-refractivity contribution in [3.8, 4) is 11.8 Å². The fraction of sp³-hybridized carbons (Fsp3) is 0.217. The highest BCUT2D eigenvalue weighted by Crippen LogP contribution is 2.35. The zero-order valence-corrected chi connectivity index (χ0v) is 19.3. The number of esters is 2. The maximum atomic E-state index is 12.5. The Morgan fingerprint density at radius 3 is 2.18 bits per heavy atom. The number of hydrogen-bond acceptors (Lipinski definition) is 7. The van der Waals surface area contributed by atoms with Crippen LogP contribution in [0.4, 0.5) is 5.69 Å². The van der Waals surface area contributed by atoms with Gasteiger partial charge in [0.05, 0.1) is 28.8 Å². The van der Waals surface area contributed by atoms with Gasteiger partial charge >= 0.3 is 11.9 Å². The smallest absolute Gasteiger partial charge is 0.344 e. The molecular formula is C23H20Cl2N2O6. The first-order valence-electron chi connectivity index (χ1n) is 9.76. The molecule has 0 saturated carbocycles. The Morgan fingerprint density at radius 1 is 1.03 bits per heavy atom. The highest BCUT2D eigenvalue weighted by molar-refractivity contribution is 6.37. The minimum atomic E-state index is -0.670. The number of hydrogen-bond donors (Lipinski definition) is 1. The van der Waals surface area contributed by atoms with Crippen LogP contribution in [-0.2, 0) is 19.1 Å². The first kappa shape index (κ1) is 25.7. The molecule has 2 aromatic rings. The van der Waals surface area contributed by atoms with E-state index in [1.807, 2.05) is 6.07 Å². The van der Waals surface area contributed by atoms with Crippen LogP contribution in [0.3, 0.4) is 0 Å². The van der Waals surface area contributed by atoms with Gasteiger partial charge in [-0.1, -0.05) is 23.2 Å². The molecule has 1 N–H and O–H groups in total. The van der Waals surface area contributed by atoms with Crippen molar-refractivity contribution in [3.63, 3.8) is 0 Å². The van der Waals surface area contributed by atoms with Gasteiger partial charge in [-0.3, -0.25) is 4.79 Å². The Bertz CT molecular complexity index is 1080. The van der Waals surface area contributed by atoms with E-state index in [2.05, 4.69) is 5.32 Å². The normalized spacial score (nSPS) is 10.7. The highest BCUT2D eigenvalue weighted by Gasteiger charge is 2.15. The second kappa shape index (κ2) is 12.5. The lowest BCUT2D eigenvalue weighted by atomic mass is 10.1. The maximum absolute atomic E-state index is 12.5. The van der Waals surface area contributed by atoms with E-state index in [4.69, 9.17) is 37.4 Å². The third kappa shape index (κ3) is 7.52. The number of rotatable bonds is 9. The van der Waals surface area contributed by atoms with Crippen molar-refractivity contribution in [1.82, 2.24) is 0 Å². The SMILES string of the molecule is CCOC(=O)COc1c(Cl)cc(/C=C(\C#N)C(=O)Nc2ccc(C(=O)OCC)cc2)cc1Cl. The van der Waals surface area contributed by atoms with E-state index in [-0.39, 0.29) is 41.2 Å². The molecule has 33 heavy (non-hydrogen) atoms. The Labute approximate surface area is 200 Å². The molecule has 0 spiro atoms. The van der Waals surface area contributed by atoms with Gasteiger partial charge in [-0.25, -0.2) is 9.59 Å². The number of anilines is 1. The van der Waals surface area contributed by atoms with Crippen molar-refractivity contribution >= 4 is 52.8 Å². The molecule has 2 rings (SSSR count). The van der Waals surface area contributed by atoms with Gasteiger partial charge in [0.1, 0.15) is 11.6 Å². The van der Waals surface area contributed by atoms with E-state index in [0.29, 0.717) is 16.8 Å². The topological polar surface area (TPSA) is 115 Å². The third-order valence-corrected chi connectivity index (χ3v) is 4.55. The van der Waals surface area contributed by atoms with E-state index in [0.717, 1.165) is 0 Å². The molecule has 0 fully saturated rings. The lowest BCUT2D eigenvalue weighted by molar-refractivity contribution is -0.145. The summed E-state index contributed by atoms with van der Waals surface area (Å²) in [4.78, 5) is 35.7. The molecule has 172 valence electrons. The van der Waals surface area contributed by atoms with Crippen LogP contribution in [0.2, 0.25) is 10.0 Å². The fourth-order valence-corrected chi connectivity index (χ4v) is 3.17. The van der Waals surface area contributed by atoms with E-state index in [1.165, 1.54) is 42.5 Å². The second-order valence-electron chi connectivity index (χ2n) is 6.33. The third-order valence-electron chi connectivity index (χ3n) is 3.99. The van der Waals surface area contributed by atoms with Gasteiger partial charge in [-0.2, -0.15) is 5.26 Å². The molecule has 2 aromatic carbocycles. The summed E-state index contributed by atoms with van der Waals surface area (Å²) in [6.07, 6.45) is 1.30. The molecule has 0 atom stereocenters. The lowest BCUT2D eigenvalue weighted by Crippen LogP contribution is -2.15. The summed E-state index contributed by atoms with van der Waals surface area (Å²) >= 11 is 12.4. The first-order chi connectivity index (χ1) is 15.8. The molecule has 8 nitrogen and oxygen atoms in total. The van der Waals surface area contributed by atoms with Crippen LogP contribution in [0.1, 0.15) is 29.8 Å². The first-order valence-corrected chi connectivity index (χ1v) is 10.5. The van der Waals surface area contributed by atoms with Crippen LogP contribution >= 0.6 is 23.2 Å². The van der Waals surface area contributed by atoms with Gasteiger partial charge in [0.25, 0.3) is 5.91 Å². The molecule has 1 amide bonds. The Balaban J connectivity index is 2.14. The van der Waals surface area contributed by atoms with Crippen LogP contribution in [-0.4, -0.2) is 37.7 Å². The van der Waals surface area contributed by atoms with Crippen molar-refractivity contribution < 1.29 is 28.6 Å². The molecule has 0 aliphatic carbocycles. The van der Waals surface area contributed by atoms with Crippen molar-refractivity contribution in [1.29, 1.82) is 5.26 Å². The lowest BCUT2D eigenvalue weighted by Gasteiger charge is -2.10. The number of carbonyl (C=O) groups excluding carboxylic acids is 3. The number of nitrogens with zero attached hydrogens (tertiary/aromatic N) is 1. The summed E-state index contributed by atoms with van der Waals surface area (Å²) in [5.41, 5.74) is 0.878. The zero-order chi connectivity index (χ0) is 24.4. The molecule has 0 aliphatic rings. The zero-order valence-electron chi connectivity index (χ0n) is 17.8. The summed E-state index contributed by atoms with van der Waals surface area (Å²) in [5, 5.41) is 12.2. The number of halogens is 2. The van der Waals surface area contributed by atoms with Gasteiger partial charge < -0.3 is 19.5 Å². The predicted molar refractivity (Wildman–Crippen MR) is 123 cm³/mol. The summed E-state index contributed by atoms with van der Waals surface area (Å²) in [6.45, 7) is 3.46. The molecule has 0 heterocycles. The fourth-order valence-electron chi connectivity index (χ4n) is 2.55. The maximum Gasteiger partial charge on any atom is 0.344 e. The standard InChI is InChI=1S/C23H20Cl2N2O6/c1-3-31-20(28)13-33-21-18(24)10-14(11-19(21)25)9-16(12-26)22(29)27-17-7-5-15(6-8-17)23(30)32-4-2/h5-11H,3-4,13H2,1-2H3,(H,27,29)/b16-9+. The van der Waals surface area contributed by atoms with Gasteiger partial charge in [0.2, 0.25) is 0 Å². The second-order valence-corrected chi connectivity index (χ2v) is 7.14. The minimum absolute atomic E-state index is 0.0770. The van der Waals surface area contributed by atoms with Crippen LogP contribution in [0.25, 0.3) is 6.08 Å². The summed E-state index contributed by atoms with van der Waals surface area (Å²) < 4.78 is 15.0. The average Bonchev–Trinajstić information content (AvgIpc) is 2.77. The van der Waals surface area contributed by atoms with E-state index in [1.54, 1.807) is 13.8 Å². The van der Waals surface area contributed by atoms with E-state index >= 15 is 0 Å². The van der Waals surface area contributed by atoms with Crippen molar-refractivity contribution in [2.24, 2.45) is 0 Å². The highest BCUT2D eigenvalue weighted by atomic mass is 35.5. The number of carbonyl (C=O) groups is 3. The molecule has 0 saturated heterocycles. The molecule has 0 bridgehead atoms. The Hall–Kier alpha value is -3.54. The minimum Gasteiger partial charge on any atom is -0.479 e. The van der Waals surface area contributed by atoms with E-state index in [9.17, 15) is 19.6 Å². The quantitative estimate of drug-likeness (QED) is 0.308. The van der Waals surface area contributed by atoms with Crippen LogP contribution in [0, 0.1) is 11.3 Å². The average molecular weight is 491 g/mol. The monoisotopic (exact) mass is 490 g/mol. The molecule has 0 radical (unpaired) electrons. The largest absolute Gasteiger partial charge is 0.479 e. The van der Waals surface area contributed by atoms with Gasteiger partial charge in [-0.15, -0.1) is 0 Å². The summed E-state index contributed by atoms with van der Waals surface area (Å²) in [6, 6.07) is 10.7. The van der Waals surface area contributed by atoms with Crippen molar-refractivity contribution in [2.45, 2.75) is 13.8 Å². The van der Waals surface area contributed by atoms with E-state index < -0.39 is 17.8 Å². The van der Waals surface area contributed by atoms with Crippen molar-refractivity contribution in [3.05, 3.63) is 63.1 Å². The van der Waals surface area contributed by atoms with Crippen LogP contribution < -0.4 is 10.1 Å². The van der Waals surface area contributed by atoms with Gasteiger partial charge in [-0.05, 0) is 61.9 Å². The van der Waals surface area contributed by atoms with Gasteiger partial charge in [0, 0.05) is 5.69 Å². The van der Waals surface area contributed by atoms with Crippen molar-refractivity contribution in [2.75, 3.05) is 25.1 Å². The number of nitrogens with one attached hydrogen (secondary N) is 1. The number of nitriles is 1. The molecule has 0 unspecified atom stereocenters. The summed E-state index contributed by atoms with van der Waals surface area (Å²) in [7, 11) is 0.